The maximum Gasteiger partial charge on any atom is 0.159 e. The molecule has 0 unspecified atom stereocenters. The van der Waals surface area contributed by atoms with Gasteiger partial charge in [0.1, 0.15) is 0 Å². The van der Waals surface area contributed by atoms with E-state index >= 15 is 0 Å². The highest BCUT2D eigenvalue weighted by Crippen LogP contribution is 2.43. The molecule has 3 heteroatoms. The molecule has 1 fully saturated rings. The number of hydrogen-bond acceptors (Lipinski definition) is 1. The van der Waals surface area contributed by atoms with E-state index in [-0.39, 0.29) is 5.41 Å². The molecule has 0 amide bonds. The van der Waals surface area contributed by atoms with Crippen LogP contribution < -0.4 is 0 Å². The first kappa shape index (κ1) is 10.1. The Morgan fingerprint density at radius 3 is 2.47 bits per heavy atom. The van der Waals surface area contributed by atoms with Crippen molar-refractivity contribution in [2.45, 2.75) is 25.7 Å². The van der Waals surface area contributed by atoms with Gasteiger partial charge in [0.15, 0.2) is 11.6 Å². The van der Waals surface area contributed by atoms with Gasteiger partial charge >= 0.3 is 0 Å². The zero-order chi connectivity index (χ0) is 10.9. The lowest BCUT2D eigenvalue weighted by molar-refractivity contribution is 0.214. The molecule has 15 heavy (non-hydrogen) atoms. The zero-order valence-electron chi connectivity index (χ0n) is 8.26. The molecule has 1 aromatic rings. The Balaban J connectivity index is 2.18. The Labute approximate surface area is 87.3 Å². The number of halogens is 2. The highest BCUT2D eigenvalue weighted by molar-refractivity contribution is 5.22. The normalized spacial score (nSPS) is 17.9. The topological polar surface area (TPSA) is 23.8 Å². The molecule has 78 valence electrons. The van der Waals surface area contributed by atoms with Crippen LogP contribution >= 0.6 is 0 Å². The smallest absolute Gasteiger partial charge is 0.159 e. The molecule has 0 saturated heterocycles. The van der Waals surface area contributed by atoms with E-state index in [1.807, 2.05) is 0 Å². The second kappa shape index (κ2) is 3.62. The zero-order valence-corrected chi connectivity index (χ0v) is 8.26. The predicted octanol–water partition coefficient (Wildman–Crippen LogP) is 3.20. The van der Waals surface area contributed by atoms with E-state index in [4.69, 9.17) is 5.26 Å². The van der Waals surface area contributed by atoms with E-state index in [0.29, 0.717) is 12.0 Å². The lowest BCUT2D eigenvalue weighted by atomic mass is 9.66. The molecule has 0 aromatic heterocycles. The minimum Gasteiger partial charge on any atom is -0.204 e. The molecule has 1 aliphatic carbocycles. The van der Waals surface area contributed by atoms with Crippen molar-refractivity contribution in [2.75, 3.05) is 0 Å². The molecule has 1 saturated carbocycles. The van der Waals surface area contributed by atoms with Crippen LogP contribution in [0.25, 0.3) is 0 Å². The van der Waals surface area contributed by atoms with Gasteiger partial charge in [-0.15, -0.1) is 0 Å². The first-order valence-corrected chi connectivity index (χ1v) is 5.00. The van der Waals surface area contributed by atoms with E-state index in [9.17, 15) is 8.78 Å². The minimum atomic E-state index is -0.835. The molecule has 0 radical (unpaired) electrons. The van der Waals surface area contributed by atoms with Gasteiger partial charge in [0, 0.05) is 0 Å². The molecule has 0 bridgehead atoms. The van der Waals surface area contributed by atoms with Crippen molar-refractivity contribution in [2.24, 2.45) is 5.41 Å². The third kappa shape index (κ3) is 1.85. The van der Waals surface area contributed by atoms with Crippen molar-refractivity contribution >= 4 is 0 Å². The molecule has 1 nitrogen and oxygen atoms in total. The van der Waals surface area contributed by atoms with Gasteiger partial charge in [-0.2, -0.15) is 5.26 Å². The quantitative estimate of drug-likeness (QED) is 0.730. The first-order chi connectivity index (χ1) is 7.15. The summed E-state index contributed by atoms with van der Waals surface area (Å²) in [6, 6.07) is 6.14. The summed E-state index contributed by atoms with van der Waals surface area (Å²) >= 11 is 0. The van der Waals surface area contributed by atoms with E-state index < -0.39 is 11.6 Å². The number of benzene rings is 1. The van der Waals surface area contributed by atoms with E-state index in [0.717, 1.165) is 25.3 Å². The number of nitrogens with zero attached hydrogens (tertiary/aromatic N) is 1. The van der Waals surface area contributed by atoms with Crippen LogP contribution in [-0.4, -0.2) is 0 Å². The molecular formula is C12H11F2N. The monoisotopic (exact) mass is 207 g/mol. The Bertz CT molecular complexity index is 416. The maximum atomic E-state index is 12.9. The molecule has 0 spiro atoms. The summed E-state index contributed by atoms with van der Waals surface area (Å²) in [5, 5.41) is 9.00. The van der Waals surface area contributed by atoms with Gasteiger partial charge in [0.25, 0.3) is 0 Å². The van der Waals surface area contributed by atoms with Crippen molar-refractivity contribution < 1.29 is 8.78 Å². The summed E-state index contributed by atoms with van der Waals surface area (Å²) in [5.74, 6) is -1.67. The third-order valence-electron chi connectivity index (χ3n) is 3.07. The lowest BCUT2D eigenvalue weighted by Gasteiger charge is -2.35. The molecule has 1 aromatic carbocycles. The van der Waals surface area contributed by atoms with Gasteiger partial charge in [-0.1, -0.05) is 12.5 Å². The summed E-state index contributed by atoms with van der Waals surface area (Å²) in [7, 11) is 0. The summed E-state index contributed by atoms with van der Waals surface area (Å²) in [4.78, 5) is 0. The van der Waals surface area contributed by atoms with Gasteiger partial charge in [-0.3, -0.25) is 0 Å². The van der Waals surface area contributed by atoms with Gasteiger partial charge in [0.2, 0.25) is 0 Å². The van der Waals surface area contributed by atoms with Crippen LogP contribution in [0, 0.1) is 28.4 Å². The predicted molar refractivity (Wildman–Crippen MR) is 52.0 cm³/mol. The lowest BCUT2D eigenvalue weighted by Crippen LogP contribution is -2.29. The molecule has 0 heterocycles. The van der Waals surface area contributed by atoms with Crippen LogP contribution in [0.3, 0.4) is 0 Å². The van der Waals surface area contributed by atoms with Crippen molar-refractivity contribution in [3.8, 4) is 6.07 Å². The Morgan fingerprint density at radius 2 is 2.00 bits per heavy atom. The standard InChI is InChI=1S/C12H11F2N/c13-10-3-2-9(6-11(10)14)7-12(8-15)4-1-5-12/h2-3,6H,1,4-5,7H2. The first-order valence-electron chi connectivity index (χ1n) is 5.00. The Kier molecular flexibility index (Phi) is 2.44. The van der Waals surface area contributed by atoms with Crippen LogP contribution in [0.2, 0.25) is 0 Å². The summed E-state index contributed by atoms with van der Waals surface area (Å²) in [6.45, 7) is 0. The van der Waals surface area contributed by atoms with Crippen molar-refractivity contribution in [1.82, 2.24) is 0 Å². The fraction of sp³-hybridized carbons (Fsp3) is 0.417. The average molecular weight is 207 g/mol. The van der Waals surface area contributed by atoms with Crippen LogP contribution in [0.5, 0.6) is 0 Å². The summed E-state index contributed by atoms with van der Waals surface area (Å²) in [6.07, 6.45) is 3.31. The van der Waals surface area contributed by atoms with Crippen molar-refractivity contribution in [3.05, 3.63) is 35.4 Å². The van der Waals surface area contributed by atoms with Gasteiger partial charge in [-0.25, -0.2) is 8.78 Å². The van der Waals surface area contributed by atoms with E-state index in [1.54, 1.807) is 6.07 Å². The van der Waals surface area contributed by atoms with Crippen LogP contribution in [0.15, 0.2) is 18.2 Å². The SMILES string of the molecule is N#CC1(Cc2ccc(F)c(F)c2)CCC1. The number of rotatable bonds is 2. The summed E-state index contributed by atoms with van der Waals surface area (Å²) in [5.41, 5.74) is 0.375. The number of hydrogen-bond donors (Lipinski definition) is 0. The highest BCUT2D eigenvalue weighted by Gasteiger charge is 2.37. The van der Waals surface area contributed by atoms with Crippen LogP contribution in [0.4, 0.5) is 8.78 Å². The molecule has 1 aliphatic rings. The molecule has 2 rings (SSSR count). The highest BCUT2D eigenvalue weighted by atomic mass is 19.2. The fourth-order valence-electron chi connectivity index (χ4n) is 1.97. The average Bonchev–Trinajstić information content (AvgIpc) is 2.17. The Hall–Kier alpha value is -1.43. The second-order valence-electron chi connectivity index (χ2n) is 4.17. The van der Waals surface area contributed by atoms with Crippen LogP contribution in [-0.2, 0) is 6.42 Å². The van der Waals surface area contributed by atoms with Crippen LogP contribution in [0.1, 0.15) is 24.8 Å². The number of nitriles is 1. The van der Waals surface area contributed by atoms with Crippen molar-refractivity contribution in [1.29, 1.82) is 5.26 Å². The Morgan fingerprint density at radius 1 is 1.27 bits per heavy atom. The molecular weight excluding hydrogens is 196 g/mol. The van der Waals surface area contributed by atoms with Gasteiger partial charge in [0.05, 0.1) is 11.5 Å². The molecule has 0 atom stereocenters. The van der Waals surface area contributed by atoms with Gasteiger partial charge < -0.3 is 0 Å². The van der Waals surface area contributed by atoms with E-state index in [1.165, 1.54) is 6.07 Å². The second-order valence-corrected chi connectivity index (χ2v) is 4.17. The third-order valence-corrected chi connectivity index (χ3v) is 3.07. The fourth-order valence-corrected chi connectivity index (χ4v) is 1.97. The molecule has 0 aliphatic heterocycles. The largest absolute Gasteiger partial charge is 0.204 e. The summed E-state index contributed by atoms with van der Waals surface area (Å²) < 4.78 is 25.6. The van der Waals surface area contributed by atoms with Crippen molar-refractivity contribution in [3.63, 3.8) is 0 Å². The molecule has 0 N–H and O–H groups in total. The minimum absolute atomic E-state index is 0.329. The maximum absolute atomic E-state index is 12.9. The van der Waals surface area contributed by atoms with E-state index in [2.05, 4.69) is 6.07 Å². The van der Waals surface area contributed by atoms with Gasteiger partial charge in [-0.05, 0) is 37.0 Å².